The number of benzene rings is 1. The van der Waals surface area contributed by atoms with Crippen LogP contribution in [0.1, 0.15) is 24.5 Å². The number of esters is 1. The Morgan fingerprint density at radius 2 is 2.06 bits per heavy atom. The highest BCUT2D eigenvalue weighted by molar-refractivity contribution is 5.85. The van der Waals surface area contributed by atoms with E-state index in [1.54, 1.807) is 6.92 Å². The minimum Gasteiger partial charge on any atom is -0.478 e. The van der Waals surface area contributed by atoms with Gasteiger partial charge >= 0.3 is 11.9 Å². The first kappa shape index (κ1) is 14.0. The monoisotopic (exact) mass is 248 g/mol. The number of carbonyl (C=O) groups excluding carboxylic acids is 1. The lowest BCUT2D eigenvalue weighted by molar-refractivity contribution is -0.143. The number of hydrogen-bond donors (Lipinski definition) is 1. The smallest absolute Gasteiger partial charge is 0.328 e. The molecule has 96 valence electrons. The van der Waals surface area contributed by atoms with E-state index in [0.29, 0.717) is 19.4 Å². The van der Waals surface area contributed by atoms with Crippen LogP contribution >= 0.6 is 0 Å². The summed E-state index contributed by atoms with van der Waals surface area (Å²) in [6, 6.07) is 7.38. The number of carboxylic acid groups (broad SMARTS) is 1. The quantitative estimate of drug-likeness (QED) is 0.619. The normalized spacial score (nSPS) is 10.5. The first-order valence-electron chi connectivity index (χ1n) is 5.78. The summed E-state index contributed by atoms with van der Waals surface area (Å²) in [7, 11) is 0. The molecule has 0 unspecified atom stereocenters. The molecule has 0 saturated heterocycles. The van der Waals surface area contributed by atoms with Crippen molar-refractivity contribution in [3.8, 4) is 0 Å². The van der Waals surface area contributed by atoms with Gasteiger partial charge in [-0.25, -0.2) is 4.79 Å². The van der Waals surface area contributed by atoms with Crippen molar-refractivity contribution in [2.75, 3.05) is 6.61 Å². The van der Waals surface area contributed by atoms with E-state index in [1.165, 1.54) is 6.08 Å². The summed E-state index contributed by atoms with van der Waals surface area (Å²) in [5, 5.41) is 8.59. The Bertz CT molecular complexity index is 449. The van der Waals surface area contributed by atoms with Crippen molar-refractivity contribution in [3.05, 3.63) is 41.5 Å². The third-order valence-corrected chi connectivity index (χ3v) is 2.36. The van der Waals surface area contributed by atoms with Crippen LogP contribution in [0.5, 0.6) is 0 Å². The molecule has 0 saturated carbocycles. The molecule has 0 aliphatic carbocycles. The van der Waals surface area contributed by atoms with Gasteiger partial charge in [0.15, 0.2) is 0 Å². The van der Waals surface area contributed by atoms with Gasteiger partial charge in [0.25, 0.3) is 0 Å². The number of carboxylic acids is 1. The van der Waals surface area contributed by atoms with E-state index in [1.807, 2.05) is 24.3 Å². The number of aryl methyl sites for hydroxylation is 1. The van der Waals surface area contributed by atoms with Crippen LogP contribution in [0, 0.1) is 0 Å². The van der Waals surface area contributed by atoms with Gasteiger partial charge in [-0.15, -0.1) is 0 Å². The van der Waals surface area contributed by atoms with Gasteiger partial charge in [-0.1, -0.05) is 24.3 Å². The molecule has 0 heterocycles. The van der Waals surface area contributed by atoms with Gasteiger partial charge in [0.05, 0.1) is 6.61 Å². The van der Waals surface area contributed by atoms with Crippen molar-refractivity contribution in [3.63, 3.8) is 0 Å². The van der Waals surface area contributed by atoms with Gasteiger partial charge in [-0.2, -0.15) is 0 Å². The van der Waals surface area contributed by atoms with E-state index in [2.05, 4.69) is 0 Å². The lowest BCUT2D eigenvalue weighted by Crippen LogP contribution is -2.05. The maximum atomic E-state index is 11.3. The van der Waals surface area contributed by atoms with E-state index >= 15 is 0 Å². The van der Waals surface area contributed by atoms with E-state index in [-0.39, 0.29) is 5.97 Å². The average Bonchev–Trinajstić information content (AvgIpc) is 2.35. The highest BCUT2D eigenvalue weighted by Gasteiger charge is 2.05. The molecule has 18 heavy (non-hydrogen) atoms. The van der Waals surface area contributed by atoms with Crippen molar-refractivity contribution in [1.82, 2.24) is 0 Å². The van der Waals surface area contributed by atoms with Crippen LogP contribution in [-0.2, 0) is 20.7 Å². The van der Waals surface area contributed by atoms with Gasteiger partial charge in [0, 0.05) is 12.5 Å². The van der Waals surface area contributed by atoms with Crippen LogP contribution in [-0.4, -0.2) is 23.7 Å². The third kappa shape index (κ3) is 4.82. The van der Waals surface area contributed by atoms with Gasteiger partial charge < -0.3 is 9.84 Å². The Morgan fingerprint density at radius 3 is 2.72 bits per heavy atom. The zero-order valence-corrected chi connectivity index (χ0v) is 10.3. The number of ether oxygens (including phenoxy) is 1. The summed E-state index contributed by atoms with van der Waals surface area (Å²) in [6.07, 6.45) is 3.46. The van der Waals surface area contributed by atoms with Gasteiger partial charge in [0.2, 0.25) is 0 Å². The Hall–Kier alpha value is -2.10. The van der Waals surface area contributed by atoms with E-state index in [4.69, 9.17) is 9.84 Å². The van der Waals surface area contributed by atoms with Gasteiger partial charge in [-0.05, 0) is 30.5 Å². The van der Waals surface area contributed by atoms with Crippen molar-refractivity contribution in [2.24, 2.45) is 0 Å². The van der Waals surface area contributed by atoms with E-state index in [9.17, 15) is 9.59 Å². The minimum atomic E-state index is -0.991. The number of rotatable bonds is 6. The number of hydrogen-bond acceptors (Lipinski definition) is 3. The Kier molecular flexibility index (Phi) is 5.64. The van der Waals surface area contributed by atoms with Crippen LogP contribution in [0.4, 0.5) is 0 Å². The predicted molar refractivity (Wildman–Crippen MR) is 68.1 cm³/mol. The van der Waals surface area contributed by atoms with Crippen molar-refractivity contribution < 1.29 is 19.4 Å². The summed E-state index contributed by atoms with van der Waals surface area (Å²) in [5.74, 6) is -1.23. The topological polar surface area (TPSA) is 63.6 Å². The van der Waals surface area contributed by atoms with E-state index < -0.39 is 5.97 Å². The highest BCUT2D eigenvalue weighted by Crippen LogP contribution is 2.13. The summed E-state index contributed by atoms with van der Waals surface area (Å²) < 4.78 is 4.85. The van der Waals surface area contributed by atoms with Crippen molar-refractivity contribution in [1.29, 1.82) is 0 Å². The summed E-state index contributed by atoms with van der Waals surface area (Å²) >= 11 is 0. The van der Waals surface area contributed by atoms with Crippen LogP contribution in [0.15, 0.2) is 30.3 Å². The third-order valence-electron chi connectivity index (χ3n) is 2.36. The van der Waals surface area contributed by atoms with Crippen LogP contribution in [0.2, 0.25) is 0 Å². The zero-order valence-electron chi connectivity index (χ0n) is 10.3. The molecular formula is C14H16O4. The van der Waals surface area contributed by atoms with Crippen molar-refractivity contribution >= 4 is 18.0 Å². The molecule has 0 aliphatic rings. The Balaban J connectivity index is 2.70. The molecule has 0 aliphatic heterocycles. The molecular weight excluding hydrogens is 232 g/mol. The fourth-order valence-electron chi connectivity index (χ4n) is 1.56. The largest absolute Gasteiger partial charge is 0.478 e. The zero-order chi connectivity index (χ0) is 13.4. The maximum Gasteiger partial charge on any atom is 0.328 e. The molecule has 1 aromatic carbocycles. The van der Waals surface area contributed by atoms with Crippen LogP contribution < -0.4 is 0 Å². The maximum absolute atomic E-state index is 11.3. The van der Waals surface area contributed by atoms with Crippen LogP contribution in [0.25, 0.3) is 6.08 Å². The molecule has 0 bridgehead atoms. The lowest BCUT2D eigenvalue weighted by atomic mass is 10.0. The fraction of sp³-hybridized carbons (Fsp3) is 0.286. The molecule has 0 aromatic heterocycles. The molecule has 1 N–H and O–H groups in total. The second-order valence-corrected chi connectivity index (χ2v) is 3.68. The average molecular weight is 248 g/mol. The predicted octanol–water partition coefficient (Wildman–Crippen LogP) is 2.28. The van der Waals surface area contributed by atoms with Crippen molar-refractivity contribution in [2.45, 2.75) is 19.8 Å². The molecule has 0 atom stereocenters. The van der Waals surface area contributed by atoms with Gasteiger partial charge in [0.1, 0.15) is 0 Å². The molecule has 1 rings (SSSR count). The second kappa shape index (κ2) is 7.27. The SMILES string of the molecule is CCOC(=O)CCc1ccccc1/C=C/C(=O)O. The summed E-state index contributed by atoms with van der Waals surface area (Å²) in [6.45, 7) is 2.14. The first-order chi connectivity index (χ1) is 8.63. The molecule has 4 nitrogen and oxygen atoms in total. The molecule has 0 spiro atoms. The Labute approximate surface area is 106 Å². The molecule has 0 amide bonds. The van der Waals surface area contributed by atoms with Gasteiger partial charge in [-0.3, -0.25) is 4.79 Å². The number of carbonyl (C=O) groups is 2. The molecule has 4 heteroatoms. The fourth-order valence-corrected chi connectivity index (χ4v) is 1.56. The van der Waals surface area contributed by atoms with Crippen LogP contribution in [0.3, 0.4) is 0 Å². The number of aliphatic carboxylic acids is 1. The highest BCUT2D eigenvalue weighted by atomic mass is 16.5. The van der Waals surface area contributed by atoms with E-state index in [0.717, 1.165) is 17.2 Å². The standard InChI is InChI=1S/C14H16O4/c1-2-18-14(17)10-8-12-6-4-3-5-11(12)7-9-13(15)16/h3-7,9H,2,8,10H2,1H3,(H,15,16)/b9-7+. The molecule has 1 aromatic rings. The lowest BCUT2D eigenvalue weighted by Gasteiger charge is -2.05. The minimum absolute atomic E-state index is 0.241. The summed E-state index contributed by atoms with van der Waals surface area (Å²) in [5.41, 5.74) is 1.74. The molecule has 0 fully saturated rings. The molecule has 0 radical (unpaired) electrons. The first-order valence-corrected chi connectivity index (χ1v) is 5.78. The summed E-state index contributed by atoms with van der Waals surface area (Å²) in [4.78, 5) is 21.7. The Morgan fingerprint density at radius 1 is 1.33 bits per heavy atom. The second-order valence-electron chi connectivity index (χ2n) is 3.68.